The zero-order chi connectivity index (χ0) is 21.7. The fourth-order valence-electron chi connectivity index (χ4n) is 2.70. The summed E-state index contributed by atoms with van der Waals surface area (Å²) in [6.45, 7) is -0.382. The first-order valence-corrected chi connectivity index (χ1v) is 10.4. The van der Waals surface area contributed by atoms with E-state index in [-0.39, 0.29) is 24.2 Å². The van der Waals surface area contributed by atoms with Crippen molar-refractivity contribution in [3.8, 4) is 6.07 Å². The highest BCUT2D eigenvalue weighted by Crippen LogP contribution is 2.29. The first-order chi connectivity index (χ1) is 14.4. The predicted molar refractivity (Wildman–Crippen MR) is 110 cm³/mol. The number of imide groups is 1. The van der Waals surface area contributed by atoms with E-state index >= 15 is 0 Å². The molecule has 2 aromatic rings. The number of rotatable bonds is 5. The number of pyridine rings is 1. The first kappa shape index (κ1) is 22.2. The lowest BCUT2D eigenvalue weighted by molar-refractivity contribution is -0.0272. The number of hydrogen-bond donors (Lipinski definition) is 4. The Morgan fingerprint density at radius 2 is 2.10 bits per heavy atom. The van der Waals surface area contributed by atoms with Crippen molar-refractivity contribution in [1.29, 1.82) is 5.26 Å². The third-order valence-corrected chi connectivity index (χ3v) is 5.74. The molecule has 3 amide bonds. The minimum atomic E-state index is -0.908. The quantitative estimate of drug-likeness (QED) is 0.494. The van der Waals surface area contributed by atoms with Crippen LogP contribution < -0.4 is 10.6 Å². The van der Waals surface area contributed by atoms with E-state index in [1.807, 2.05) is 30.3 Å². The van der Waals surface area contributed by atoms with E-state index < -0.39 is 30.4 Å². The monoisotopic (exact) mass is 492 g/mol. The number of urea groups is 1. The number of nitriles is 1. The van der Waals surface area contributed by atoms with E-state index in [1.165, 1.54) is 24.0 Å². The predicted octanol–water partition coefficient (Wildman–Crippen LogP) is 1.77. The normalized spacial score (nSPS) is 20.4. The summed E-state index contributed by atoms with van der Waals surface area (Å²) in [5.74, 6) is -0.742. The summed E-state index contributed by atoms with van der Waals surface area (Å²) in [4.78, 5) is 29.4. The highest BCUT2D eigenvalue weighted by Gasteiger charge is 2.34. The number of amides is 3. The zero-order valence-electron chi connectivity index (χ0n) is 15.4. The molecule has 0 spiro atoms. The summed E-state index contributed by atoms with van der Waals surface area (Å²) in [6.07, 6.45) is -1.15. The summed E-state index contributed by atoms with van der Waals surface area (Å²) in [5.41, 5.74) is 0.242. The first-order valence-electron chi connectivity index (χ1n) is 8.79. The van der Waals surface area contributed by atoms with Gasteiger partial charge in [-0.3, -0.25) is 10.1 Å². The molecule has 4 N–H and O–H groups in total. The third-order valence-electron chi connectivity index (χ3n) is 4.18. The second kappa shape index (κ2) is 10.0. The van der Waals surface area contributed by atoms with Crippen LogP contribution in [0.15, 0.2) is 50.9 Å². The van der Waals surface area contributed by atoms with Crippen molar-refractivity contribution < 1.29 is 24.5 Å². The van der Waals surface area contributed by atoms with E-state index in [1.54, 1.807) is 0 Å². The lowest BCUT2D eigenvalue weighted by Crippen LogP contribution is -2.44. The van der Waals surface area contributed by atoms with Crippen molar-refractivity contribution in [2.45, 2.75) is 34.8 Å². The van der Waals surface area contributed by atoms with Gasteiger partial charge in [-0.1, -0.05) is 27.7 Å². The minimum Gasteiger partial charge on any atom is -0.394 e. The highest BCUT2D eigenvalue weighted by molar-refractivity contribution is 9.10. The van der Waals surface area contributed by atoms with Gasteiger partial charge in [0.1, 0.15) is 23.4 Å². The van der Waals surface area contributed by atoms with Gasteiger partial charge in [-0.25, -0.2) is 9.78 Å². The molecule has 0 saturated carbocycles. The maximum atomic E-state index is 12.3. The molecule has 0 aliphatic carbocycles. The molecule has 1 aliphatic heterocycles. The molecule has 30 heavy (non-hydrogen) atoms. The molecule has 11 heteroatoms. The van der Waals surface area contributed by atoms with Gasteiger partial charge in [0.25, 0.3) is 5.91 Å². The molecule has 0 bridgehead atoms. The maximum absolute atomic E-state index is 12.3. The molecule has 0 radical (unpaired) electrons. The largest absolute Gasteiger partial charge is 0.394 e. The van der Waals surface area contributed by atoms with Gasteiger partial charge in [0, 0.05) is 22.0 Å². The van der Waals surface area contributed by atoms with E-state index in [4.69, 9.17) is 9.84 Å². The minimum absolute atomic E-state index is 0.0439. The van der Waals surface area contributed by atoms with Gasteiger partial charge in [-0.05, 0) is 30.3 Å². The Balaban J connectivity index is 1.62. The van der Waals surface area contributed by atoms with Crippen molar-refractivity contribution in [3.63, 3.8) is 0 Å². The molecular weight excluding hydrogens is 476 g/mol. The lowest BCUT2D eigenvalue weighted by atomic mass is 10.2. The van der Waals surface area contributed by atoms with Gasteiger partial charge < -0.3 is 20.3 Å². The van der Waals surface area contributed by atoms with Crippen LogP contribution in [-0.2, 0) is 4.74 Å². The second-order valence-corrected chi connectivity index (χ2v) is 8.30. The number of halogens is 1. The van der Waals surface area contributed by atoms with E-state index in [0.717, 1.165) is 9.37 Å². The number of carbonyl (C=O) groups is 2. The Hall–Kier alpha value is -2.49. The highest BCUT2D eigenvalue weighted by atomic mass is 79.9. The number of carbonyl (C=O) groups excluding carboxylic acids is 2. The van der Waals surface area contributed by atoms with Crippen molar-refractivity contribution in [2.24, 2.45) is 0 Å². The van der Waals surface area contributed by atoms with Crippen LogP contribution in [0.25, 0.3) is 0 Å². The van der Waals surface area contributed by atoms with Gasteiger partial charge in [0.2, 0.25) is 0 Å². The Kier molecular flexibility index (Phi) is 7.41. The number of ether oxygens (including phenoxy) is 1. The van der Waals surface area contributed by atoms with Crippen molar-refractivity contribution in [3.05, 3.63) is 52.1 Å². The van der Waals surface area contributed by atoms with Gasteiger partial charge in [-0.15, -0.1) is 0 Å². The molecule has 2 heterocycles. The SMILES string of the molecule is N#Cc1cc(C(=O)NC(=O)N[C@H]2CC(O)[C@@H](CO)O2)cnc1Sc1ccc(Br)cc1. The van der Waals surface area contributed by atoms with Gasteiger partial charge in [0.15, 0.2) is 0 Å². The summed E-state index contributed by atoms with van der Waals surface area (Å²) in [5, 5.41) is 33.1. The molecule has 9 nitrogen and oxygen atoms in total. The Labute approximate surface area is 184 Å². The molecule has 3 rings (SSSR count). The van der Waals surface area contributed by atoms with Crippen LogP contribution in [0, 0.1) is 11.3 Å². The Morgan fingerprint density at radius 1 is 1.37 bits per heavy atom. The molecule has 3 atom stereocenters. The van der Waals surface area contributed by atoms with Gasteiger partial charge in [0.05, 0.1) is 23.8 Å². The molecule has 156 valence electrons. The molecule has 1 aromatic carbocycles. The number of aliphatic hydroxyl groups is 2. The number of aromatic nitrogens is 1. The maximum Gasteiger partial charge on any atom is 0.323 e. The van der Waals surface area contributed by atoms with Crippen LogP contribution >= 0.6 is 27.7 Å². The molecular formula is C19H17BrN4O5S. The number of hydrogen-bond acceptors (Lipinski definition) is 8. The topological polar surface area (TPSA) is 145 Å². The average molecular weight is 493 g/mol. The summed E-state index contributed by atoms with van der Waals surface area (Å²) in [6, 6.07) is 10.00. The van der Waals surface area contributed by atoms with E-state index in [0.29, 0.717) is 5.03 Å². The van der Waals surface area contributed by atoms with Crippen LogP contribution in [0.4, 0.5) is 4.79 Å². The summed E-state index contributed by atoms with van der Waals surface area (Å²) < 4.78 is 6.18. The van der Waals surface area contributed by atoms with Gasteiger partial charge >= 0.3 is 6.03 Å². The van der Waals surface area contributed by atoms with Crippen LogP contribution in [0.2, 0.25) is 0 Å². The lowest BCUT2D eigenvalue weighted by Gasteiger charge is -2.14. The zero-order valence-corrected chi connectivity index (χ0v) is 17.8. The molecule has 1 unspecified atom stereocenters. The fourth-order valence-corrected chi connectivity index (χ4v) is 3.78. The summed E-state index contributed by atoms with van der Waals surface area (Å²) in [7, 11) is 0. The average Bonchev–Trinajstić information content (AvgIpc) is 3.08. The van der Waals surface area contributed by atoms with Crippen molar-refractivity contribution in [1.82, 2.24) is 15.6 Å². The number of nitrogens with one attached hydrogen (secondary N) is 2. The number of benzene rings is 1. The smallest absolute Gasteiger partial charge is 0.323 e. The third kappa shape index (κ3) is 5.56. The van der Waals surface area contributed by atoms with E-state index in [2.05, 4.69) is 31.5 Å². The number of aliphatic hydroxyl groups excluding tert-OH is 2. The number of nitrogens with zero attached hydrogens (tertiary/aromatic N) is 2. The van der Waals surface area contributed by atoms with Crippen LogP contribution in [0.3, 0.4) is 0 Å². The van der Waals surface area contributed by atoms with Gasteiger partial charge in [-0.2, -0.15) is 5.26 Å². The molecule has 1 fully saturated rings. The fraction of sp³-hybridized carbons (Fsp3) is 0.263. The van der Waals surface area contributed by atoms with Crippen LogP contribution in [0.1, 0.15) is 22.3 Å². The molecule has 1 saturated heterocycles. The Bertz CT molecular complexity index is 982. The second-order valence-electron chi connectivity index (χ2n) is 6.32. The van der Waals surface area contributed by atoms with Crippen molar-refractivity contribution >= 4 is 39.6 Å². The summed E-state index contributed by atoms with van der Waals surface area (Å²) >= 11 is 4.63. The van der Waals surface area contributed by atoms with Crippen molar-refractivity contribution in [2.75, 3.05) is 6.61 Å². The molecule has 1 aliphatic rings. The molecule has 1 aromatic heterocycles. The standard InChI is InChI=1S/C19H17BrN4O5S/c20-12-1-3-13(4-2-12)30-18-10(7-21)5-11(8-22-18)17(27)24-19(28)23-16-6-14(26)15(9-25)29-16/h1-5,8,14-16,25-26H,6,9H2,(H2,23,24,27,28)/t14?,15-,16-/m1/s1. The Morgan fingerprint density at radius 3 is 2.73 bits per heavy atom. The van der Waals surface area contributed by atoms with Crippen LogP contribution in [-0.4, -0.2) is 52.2 Å². The van der Waals surface area contributed by atoms with E-state index in [9.17, 15) is 20.0 Å². The van der Waals surface area contributed by atoms with Crippen LogP contribution in [0.5, 0.6) is 0 Å².